The van der Waals surface area contributed by atoms with E-state index >= 15 is 0 Å². The van der Waals surface area contributed by atoms with Gasteiger partial charge in [-0.1, -0.05) is 0 Å². The van der Waals surface area contributed by atoms with Crippen molar-refractivity contribution in [2.24, 2.45) is 0 Å². The molecular formula is C9H6F4N2O2. The Bertz CT molecular complexity index is 501. The van der Waals surface area contributed by atoms with Crippen LogP contribution in [0.1, 0.15) is 11.3 Å². The van der Waals surface area contributed by atoms with E-state index in [1.807, 2.05) is 4.98 Å². The molecule has 0 bridgehead atoms. The smallest absolute Gasteiger partial charge is 0.399 e. The summed E-state index contributed by atoms with van der Waals surface area (Å²) in [7, 11) is 0. The monoisotopic (exact) mass is 250 g/mol. The van der Waals surface area contributed by atoms with Gasteiger partial charge in [0.1, 0.15) is 6.67 Å². The highest BCUT2D eigenvalue weighted by molar-refractivity contribution is 5.33. The largest absolute Gasteiger partial charge is 0.573 e. The van der Waals surface area contributed by atoms with Gasteiger partial charge in [-0.05, 0) is 6.07 Å². The van der Waals surface area contributed by atoms with E-state index in [2.05, 4.69) is 4.74 Å². The number of rotatable bonds is 3. The fourth-order valence-corrected chi connectivity index (χ4v) is 1.17. The van der Waals surface area contributed by atoms with Crippen molar-refractivity contribution < 1.29 is 22.3 Å². The lowest BCUT2D eigenvalue weighted by Gasteiger charge is -2.11. The molecule has 0 amide bonds. The van der Waals surface area contributed by atoms with Gasteiger partial charge in [-0.25, -0.2) is 4.39 Å². The number of aromatic nitrogens is 1. The zero-order valence-corrected chi connectivity index (χ0v) is 8.27. The fourth-order valence-electron chi connectivity index (χ4n) is 1.17. The van der Waals surface area contributed by atoms with Gasteiger partial charge in [0.2, 0.25) is 0 Å². The second-order valence-electron chi connectivity index (χ2n) is 2.99. The lowest BCUT2D eigenvalue weighted by molar-refractivity contribution is -0.275. The first-order chi connectivity index (χ1) is 7.87. The van der Waals surface area contributed by atoms with Crippen LogP contribution in [-0.2, 0) is 13.1 Å². The van der Waals surface area contributed by atoms with E-state index in [1.54, 1.807) is 6.07 Å². The summed E-state index contributed by atoms with van der Waals surface area (Å²) in [5, 5.41) is 8.35. The first-order valence-corrected chi connectivity index (χ1v) is 4.31. The highest BCUT2D eigenvalue weighted by Gasteiger charge is 2.33. The van der Waals surface area contributed by atoms with Gasteiger partial charge in [-0.15, -0.1) is 13.2 Å². The van der Waals surface area contributed by atoms with Gasteiger partial charge in [0, 0.05) is 11.3 Å². The molecule has 4 nitrogen and oxygen atoms in total. The summed E-state index contributed by atoms with van der Waals surface area (Å²) < 4.78 is 51.7. The molecule has 92 valence electrons. The van der Waals surface area contributed by atoms with Crippen LogP contribution >= 0.6 is 0 Å². The molecule has 0 atom stereocenters. The number of H-pyrrole nitrogens is 1. The number of ether oxygens (including phenoxy) is 1. The van der Waals surface area contributed by atoms with Crippen LogP contribution in [0.2, 0.25) is 0 Å². The number of hydrogen-bond donors (Lipinski definition) is 1. The molecule has 0 aliphatic rings. The maximum Gasteiger partial charge on any atom is 0.573 e. The lowest BCUT2D eigenvalue weighted by atomic mass is 10.2. The van der Waals surface area contributed by atoms with E-state index in [1.165, 1.54) is 0 Å². The number of nitrogens with zero attached hydrogens (tertiary/aromatic N) is 1. The van der Waals surface area contributed by atoms with Crippen molar-refractivity contribution in [3.63, 3.8) is 0 Å². The fraction of sp³-hybridized carbons (Fsp3) is 0.333. The first kappa shape index (κ1) is 13.0. The average Bonchev–Trinajstić information content (AvgIpc) is 2.20. The lowest BCUT2D eigenvalue weighted by Crippen LogP contribution is -2.24. The highest BCUT2D eigenvalue weighted by Crippen LogP contribution is 2.23. The van der Waals surface area contributed by atoms with Crippen molar-refractivity contribution in [1.29, 1.82) is 5.26 Å². The van der Waals surface area contributed by atoms with Gasteiger partial charge in [0.05, 0.1) is 12.5 Å². The molecule has 0 aliphatic heterocycles. The zero-order chi connectivity index (χ0) is 13.1. The van der Waals surface area contributed by atoms with Crippen LogP contribution in [0.3, 0.4) is 0 Å². The Morgan fingerprint density at radius 2 is 2.12 bits per heavy atom. The van der Waals surface area contributed by atoms with Crippen molar-refractivity contribution in [2.45, 2.75) is 19.5 Å². The van der Waals surface area contributed by atoms with Gasteiger partial charge in [0.25, 0.3) is 5.56 Å². The number of nitrogens with one attached hydrogen (secondary N) is 1. The molecule has 1 rings (SSSR count). The number of pyridine rings is 1. The van der Waals surface area contributed by atoms with Gasteiger partial charge in [-0.2, -0.15) is 5.26 Å². The minimum atomic E-state index is -5.08. The third kappa shape index (κ3) is 3.48. The van der Waals surface area contributed by atoms with Gasteiger partial charge < -0.3 is 9.72 Å². The summed E-state index contributed by atoms with van der Waals surface area (Å²) in [5.41, 5.74) is -1.74. The summed E-state index contributed by atoms with van der Waals surface area (Å²) in [5.74, 6) is -1.14. The van der Waals surface area contributed by atoms with Crippen molar-refractivity contribution in [2.75, 3.05) is 0 Å². The van der Waals surface area contributed by atoms with Crippen LogP contribution in [0.4, 0.5) is 17.6 Å². The summed E-state index contributed by atoms with van der Waals surface area (Å²) in [6.07, 6.45) is -5.32. The molecule has 1 heterocycles. The Morgan fingerprint density at radius 1 is 1.47 bits per heavy atom. The maximum atomic E-state index is 12.5. The van der Waals surface area contributed by atoms with Crippen molar-refractivity contribution >= 4 is 0 Å². The van der Waals surface area contributed by atoms with E-state index in [4.69, 9.17) is 5.26 Å². The van der Waals surface area contributed by atoms with E-state index in [0.29, 0.717) is 0 Å². The maximum absolute atomic E-state index is 12.5. The molecular weight excluding hydrogens is 244 g/mol. The standard InChI is InChI=1S/C9H6F4N2O2/c10-4-5-3-6(1-2-14)15-8(16)7(5)17-9(11,12)13/h3H,1,4H2,(H,15,16). The third-order valence-electron chi connectivity index (χ3n) is 1.75. The van der Waals surface area contributed by atoms with Gasteiger partial charge in [-0.3, -0.25) is 4.79 Å². The number of alkyl halides is 4. The summed E-state index contributed by atoms with van der Waals surface area (Å²) >= 11 is 0. The van der Waals surface area contributed by atoms with E-state index in [0.717, 1.165) is 6.07 Å². The molecule has 17 heavy (non-hydrogen) atoms. The van der Waals surface area contributed by atoms with Gasteiger partial charge in [0.15, 0.2) is 5.75 Å². The number of aromatic amines is 1. The summed E-state index contributed by atoms with van der Waals surface area (Å²) in [6.45, 7) is -1.30. The third-order valence-corrected chi connectivity index (χ3v) is 1.75. The quantitative estimate of drug-likeness (QED) is 0.832. The SMILES string of the molecule is N#CCc1cc(CF)c(OC(F)(F)F)c(=O)[nH]1. The Kier molecular flexibility index (Phi) is 3.73. The molecule has 0 radical (unpaired) electrons. The molecule has 0 saturated carbocycles. The predicted octanol–water partition coefficient (Wildman–Crippen LogP) is 1.81. The molecule has 0 unspecified atom stereocenters. The van der Waals surface area contributed by atoms with Crippen molar-refractivity contribution in [1.82, 2.24) is 4.98 Å². The number of halogens is 4. The first-order valence-electron chi connectivity index (χ1n) is 4.31. The Hall–Kier alpha value is -2.04. The molecule has 0 aliphatic carbocycles. The second kappa shape index (κ2) is 4.86. The normalized spacial score (nSPS) is 11.0. The average molecular weight is 250 g/mol. The molecule has 0 saturated heterocycles. The molecule has 0 spiro atoms. The minimum Gasteiger partial charge on any atom is -0.399 e. The molecule has 1 N–H and O–H groups in total. The van der Waals surface area contributed by atoms with Crippen LogP contribution < -0.4 is 10.3 Å². The van der Waals surface area contributed by atoms with Crippen LogP contribution in [0, 0.1) is 11.3 Å². The summed E-state index contributed by atoms with van der Waals surface area (Å²) in [4.78, 5) is 13.2. The molecule has 8 heteroatoms. The van der Waals surface area contributed by atoms with Crippen LogP contribution in [0.25, 0.3) is 0 Å². The van der Waals surface area contributed by atoms with E-state index < -0.39 is 29.9 Å². The van der Waals surface area contributed by atoms with E-state index in [9.17, 15) is 22.4 Å². The van der Waals surface area contributed by atoms with Crippen LogP contribution in [0.5, 0.6) is 5.75 Å². The second-order valence-corrected chi connectivity index (χ2v) is 2.99. The van der Waals surface area contributed by atoms with Gasteiger partial charge >= 0.3 is 6.36 Å². The van der Waals surface area contributed by atoms with Crippen LogP contribution in [-0.4, -0.2) is 11.3 Å². The Balaban J connectivity index is 3.23. The van der Waals surface area contributed by atoms with Crippen LogP contribution in [0.15, 0.2) is 10.9 Å². The Labute approximate surface area is 92.4 Å². The van der Waals surface area contributed by atoms with Crippen molar-refractivity contribution in [3.8, 4) is 11.8 Å². The number of hydrogen-bond acceptors (Lipinski definition) is 3. The minimum absolute atomic E-state index is 0.0275. The zero-order valence-electron chi connectivity index (χ0n) is 8.27. The Morgan fingerprint density at radius 3 is 2.59 bits per heavy atom. The topological polar surface area (TPSA) is 65.9 Å². The predicted molar refractivity (Wildman–Crippen MR) is 47.9 cm³/mol. The highest BCUT2D eigenvalue weighted by atomic mass is 19.4. The molecule has 0 fully saturated rings. The molecule has 0 aromatic carbocycles. The van der Waals surface area contributed by atoms with E-state index in [-0.39, 0.29) is 12.1 Å². The van der Waals surface area contributed by atoms with Crippen molar-refractivity contribution in [3.05, 3.63) is 27.7 Å². The molecule has 1 aromatic heterocycles. The summed E-state index contributed by atoms with van der Waals surface area (Å²) in [6, 6.07) is 2.62. The molecule has 1 aromatic rings. The number of nitriles is 1.